The molecule has 3 aromatic rings. The summed E-state index contributed by atoms with van der Waals surface area (Å²) in [6, 6.07) is 12.5. The molecule has 1 aromatic heterocycles. The van der Waals surface area contributed by atoms with Gasteiger partial charge in [-0.05, 0) is 69.1 Å². The van der Waals surface area contributed by atoms with Crippen molar-refractivity contribution in [3.63, 3.8) is 0 Å². The second-order valence-electron chi connectivity index (χ2n) is 8.40. The van der Waals surface area contributed by atoms with E-state index in [0.717, 1.165) is 50.1 Å². The highest BCUT2D eigenvalue weighted by molar-refractivity contribution is 5.67. The normalized spacial score (nSPS) is 15.0. The third-order valence-corrected chi connectivity index (χ3v) is 6.44. The van der Waals surface area contributed by atoms with Crippen LogP contribution in [0.25, 0.3) is 22.8 Å². The first-order chi connectivity index (χ1) is 16.7. The minimum Gasteiger partial charge on any atom is -0.490 e. The number of hydrogen-bond donors (Lipinski definition) is 1. The van der Waals surface area contributed by atoms with Crippen LogP contribution in [0.1, 0.15) is 51.3 Å². The van der Waals surface area contributed by atoms with Crippen LogP contribution in [0, 0.1) is 0 Å². The fraction of sp³-hybridized carbons (Fsp3) is 0.481. The molecule has 7 nitrogen and oxygen atoms in total. The molecule has 182 valence electrons. The van der Waals surface area contributed by atoms with Gasteiger partial charge in [-0.15, -0.1) is 0 Å². The third kappa shape index (κ3) is 5.26. The Morgan fingerprint density at radius 1 is 1.03 bits per heavy atom. The number of benzene rings is 2. The molecule has 0 saturated heterocycles. The number of hydrogen-bond acceptors (Lipinski definition) is 7. The van der Waals surface area contributed by atoms with Crippen LogP contribution < -0.4 is 14.8 Å². The van der Waals surface area contributed by atoms with Gasteiger partial charge in [-0.3, -0.25) is 0 Å². The average molecular weight is 465 g/mol. The monoisotopic (exact) mass is 464 g/mol. The van der Waals surface area contributed by atoms with Crippen LogP contribution in [0.15, 0.2) is 40.9 Å². The Morgan fingerprint density at radius 2 is 1.82 bits per heavy atom. The van der Waals surface area contributed by atoms with E-state index in [0.29, 0.717) is 42.5 Å². The second kappa shape index (κ2) is 11.5. The zero-order valence-electron chi connectivity index (χ0n) is 20.8. The number of rotatable bonds is 12. The second-order valence-corrected chi connectivity index (χ2v) is 8.40. The molecular formula is C27H36N4O3. The van der Waals surface area contributed by atoms with Crippen molar-refractivity contribution in [3.05, 3.63) is 47.5 Å². The molecule has 1 heterocycles. The van der Waals surface area contributed by atoms with E-state index in [2.05, 4.69) is 47.4 Å². The summed E-state index contributed by atoms with van der Waals surface area (Å²) >= 11 is 0. The third-order valence-electron chi connectivity index (χ3n) is 6.44. The van der Waals surface area contributed by atoms with E-state index in [1.807, 2.05) is 32.0 Å². The summed E-state index contributed by atoms with van der Waals surface area (Å²) in [7, 11) is 0. The minimum atomic E-state index is 0.372. The highest BCUT2D eigenvalue weighted by atomic mass is 16.5. The molecule has 0 saturated carbocycles. The molecule has 0 spiro atoms. The van der Waals surface area contributed by atoms with Crippen molar-refractivity contribution >= 4 is 0 Å². The number of nitrogens with one attached hydrogen (secondary N) is 1. The number of nitrogens with zero attached hydrogens (tertiary/aromatic N) is 3. The predicted octanol–water partition coefficient (Wildman–Crippen LogP) is 5.12. The van der Waals surface area contributed by atoms with Crippen LogP contribution in [0.3, 0.4) is 0 Å². The quantitative estimate of drug-likeness (QED) is 0.399. The lowest BCUT2D eigenvalue weighted by Crippen LogP contribution is -2.33. The van der Waals surface area contributed by atoms with Crippen molar-refractivity contribution in [2.75, 3.05) is 39.4 Å². The van der Waals surface area contributed by atoms with E-state index in [-0.39, 0.29) is 0 Å². The summed E-state index contributed by atoms with van der Waals surface area (Å²) < 4.78 is 17.1. The van der Waals surface area contributed by atoms with Crippen LogP contribution in [0.4, 0.5) is 0 Å². The molecule has 0 amide bonds. The molecule has 1 aliphatic carbocycles. The average Bonchev–Trinajstić information content (AvgIpc) is 3.51. The van der Waals surface area contributed by atoms with E-state index < -0.39 is 0 Å². The van der Waals surface area contributed by atoms with E-state index >= 15 is 0 Å². The Morgan fingerprint density at radius 3 is 2.59 bits per heavy atom. The fourth-order valence-electron chi connectivity index (χ4n) is 4.65. The lowest BCUT2D eigenvalue weighted by Gasteiger charge is -2.20. The number of likely N-dealkylation sites (N-methyl/N-ethyl adjacent to an activating group) is 1. The maximum absolute atomic E-state index is 5.75. The fourth-order valence-corrected chi connectivity index (χ4v) is 4.65. The topological polar surface area (TPSA) is 72.7 Å². The zero-order chi connectivity index (χ0) is 23.9. The van der Waals surface area contributed by atoms with Crippen molar-refractivity contribution < 1.29 is 14.0 Å². The summed E-state index contributed by atoms with van der Waals surface area (Å²) in [4.78, 5) is 7.18. The molecular weight excluding hydrogens is 428 g/mol. The number of ether oxygens (including phenoxy) is 2. The highest BCUT2D eigenvalue weighted by Gasteiger charge is 2.26. The molecule has 0 radical (unpaired) electrons. The standard InChI is InChI=1S/C27H36N4O3/c1-5-31(6-2)17-16-28-23-14-13-20-21(23)10-9-11-22(20)26-29-27(34-30-26)19-12-15-24(32-7-3)25(18-19)33-8-4/h9-12,15,18,23,28H,5-8,13-14,16-17H2,1-4H3. The molecule has 1 atom stereocenters. The summed E-state index contributed by atoms with van der Waals surface area (Å²) in [6.45, 7) is 13.7. The minimum absolute atomic E-state index is 0.372. The van der Waals surface area contributed by atoms with Gasteiger partial charge in [0.2, 0.25) is 5.82 Å². The van der Waals surface area contributed by atoms with Crippen LogP contribution in [-0.2, 0) is 6.42 Å². The van der Waals surface area contributed by atoms with Crippen LogP contribution in [0.2, 0.25) is 0 Å². The lowest BCUT2D eigenvalue weighted by molar-refractivity contribution is 0.288. The van der Waals surface area contributed by atoms with Gasteiger partial charge in [0, 0.05) is 30.3 Å². The van der Waals surface area contributed by atoms with Gasteiger partial charge in [0.25, 0.3) is 5.89 Å². The first kappa shape index (κ1) is 24.2. The van der Waals surface area contributed by atoms with Crippen molar-refractivity contribution in [1.29, 1.82) is 0 Å². The van der Waals surface area contributed by atoms with Crippen molar-refractivity contribution in [2.45, 2.75) is 46.6 Å². The molecule has 2 aromatic carbocycles. The summed E-state index contributed by atoms with van der Waals surface area (Å²) in [5.41, 5.74) is 4.53. The Bertz CT molecular complexity index is 1080. The Balaban J connectivity index is 1.53. The van der Waals surface area contributed by atoms with Crippen LogP contribution in [-0.4, -0.2) is 54.4 Å². The van der Waals surface area contributed by atoms with E-state index in [1.165, 1.54) is 11.1 Å². The van der Waals surface area contributed by atoms with Gasteiger partial charge in [-0.2, -0.15) is 4.98 Å². The molecule has 0 fully saturated rings. The Kier molecular flexibility index (Phi) is 8.19. The van der Waals surface area contributed by atoms with Crippen LogP contribution in [0.5, 0.6) is 11.5 Å². The van der Waals surface area contributed by atoms with Gasteiger partial charge in [0.15, 0.2) is 11.5 Å². The molecule has 4 rings (SSSR count). The van der Waals surface area contributed by atoms with Gasteiger partial charge in [-0.1, -0.05) is 37.2 Å². The van der Waals surface area contributed by atoms with E-state index in [1.54, 1.807) is 0 Å². The highest BCUT2D eigenvalue weighted by Crippen LogP contribution is 2.38. The SMILES string of the molecule is CCOc1ccc(-c2nc(-c3cccc4c3CCC4NCCN(CC)CC)no2)cc1OCC. The van der Waals surface area contributed by atoms with E-state index in [4.69, 9.17) is 19.0 Å². The van der Waals surface area contributed by atoms with Crippen molar-refractivity contribution in [2.24, 2.45) is 0 Å². The van der Waals surface area contributed by atoms with Crippen LogP contribution >= 0.6 is 0 Å². The maximum Gasteiger partial charge on any atom is 0.258 e. The van der Waals surface area contributed by atoms with Gasteiger partial charge in [0.05, 0.1) is 13.2 Å². The first-order valence-corrected chi connectivity index (χ1v) is 12.5. The molecule has 1 unspecified atom stereocenters. The molecule has 0 aliphatic heterocycles. The Hall–Kier alpha value is -2.90. The van der Waals surface area contributed by atoms with Crippen molar-refractivity contribution in [1.82, 2.24) is 20.4 Å². The summed E-state index contributed by atoms with van der Waals surface area (Å²) in [6.07, 6.45) is 2.10. The first-order valence-electron chi connectivity index (χ1n) is 12.5. The largest absolute Gasteiger partial charge is 0.490 e. The predicted molar refractivity (Wildman–Crippen MR) is 134 cm³/mol. The molecule has 7 heteroatoms. The van der Waals surface area contributed by atoms with Gasteiger partial charge < -0.3 is 24.2 Å². The molecule has 34 heavy (non-hydrogen) atoms. The van der Waals surface area contributed by atoms with Gasteiger partial charge >= 0.3 is 0 Å². The summed E-state index contributed by atoms with van der Waals surface area (Å²) in [5.74, 6) is 2.50. The van der Waals surface area contributed by atoms with Gasteiger partial charge in [-0.25, -0.2) is 0 Å². The molecule has 1 aliphatic rings. The zero-order valence-corrected chi connectivity index (χ0v) is 20.8. The maximum atomic E-state index is 5.75. The molecule has 0 bridgehead atoms. The van der Waals surface area contributed by atoms with Crippen molar-refractivity contribution in [3.8, 4) is 34.3 Å². The molecule has 1 N–H and O–H groups in total. The smallest absolute Gasteiger partial charge is 0.258 e. The number of fused-ring (bicyclic) bond motifs is 1. The van der Waals surface area contributed by atoms with E-state index in [9.17, 15) is 0 Å². The number of aromatic nitrogens is 2. The lowest BCUT2D eigenvalue weighted by atomic mass is 10.0. The van der Waals surface area contributed by atoms with Gasteiger partial charge in [0.1, 0.15) is 0 Å². The summed E-state index contributed by atoms with van der Waals surface area (Å²) in [5, 5.41) is 8.07. The Labute approximate surface area is 202 Å².